The zero-order valence-electron chi connectivity index (χ0n) is 4.28. The summed E-state index contributed by atoms with van der Waals surface area (Å²) in [5.74, 6) is 0. The fraction of sp³-hybridized carbons (Fsp3) is 0.333. The van der Waals surface area contributed by atoms with Crippen LogP contribution in [0.2, 0.25) is 0 Å². The van der Waals surface area contributed by atoms with E-state index in [0.29, 0.717) is 0 Å². The van der Waals surface area contributed by atoms with Gasteiger partial charge in [-0.3, -0.25) is 0 Å². The van der Waals surface area contributed by atoms with Crippen molar-refractivity contribution >= 4 is 0 Å². The first-order chi connectivity index (χ1) is 3.43. The highest BCUT2D eigenvalue weighted by Gasteiger charge is 1.87. The van der Waals surface area contributed by atoms with Gasteiger partial charge in [-0.1, -0.05) is 12.7 Å². The maximum absolute atomic E-state index is 2.98. The van der Waals surface area contributed by atoms with Crippen molar-refractivity contribution in [1.29, 1.82) is 0 Å². The normalized spacial score (nSPS) is 14.1. The smallest absolute Gasteiger partial charge is 0.0664 e. The summed E-state index contributed by atoms with van der Waals surface area (Å²) in [6, 6.07) is 0. The molecule has 0 saturated carbocycles. The Hall–Kier alpha value is -0.900. The second-order valence-electron chi connectivity index (χ2n) is 1.39. The lowest BCUT2D eigenvalue weighted by Crippen LogP contribution is -1.97. The largest absolute Gasteiger partial charge is 0.351 e. The predicted octanol–water partition coefficient (Wildman–Crippen LogP) is 1.15. The Kier molecular flexibility index (Phi) is 1.04. The first kappa shape index (κ1) is 4.26. The maximum atomic E-state index is 2.98. The minimum atomic E-state index is 1.02. The quantitative estimate of drug-likeness (QED) is 0.479. The lowest BCUT2D eigenvalue weighted by molar-refractivity contribution is 0.963. The molecule has 1 rings (SSSR count). The van der Waals surface area contributed by atoms with Crippen molar-refractivity contribution in [3.8, 4) is 0 Å². The minimum absolute atomic E-state index is 1.02. The van der Waals surface area contributed by atoms with Crippen LogP contribution in [0.4, 0.5) is 0 Å². The first-order valence-corrected chi connectivity index (χ1v) is 2.39. The molecule has 0 fully saturated rings. The van der Waals surface area contributed by atoms with Gasteiger partial charge in [0.15, 0.2) is 0 Å². The van der Waals surface area contributed by atoms with E-state index >= 15 is 0 Å². The van der Waals surface area contributed by atoms with Gasteiger partial charge in [-0.25, -0.2) is 0 Å². The Bertz CT molecular complexity index is 155. The molecule has 0 radical (unpaired) electrons. The lowest BCUT2D eigenvalue weighted by Gasteiger charge is -1.90. The minimum Gasteiger partial charge on any atom is -0.351 e. The summed E-state index contributed by atoms with van der Waals surface area (Å²) in [6.07, 6.45) is 2.78. The van der Waals surface area contributed by atoms with Gasteiger partial charge < -0.3 is 5.32 Å². The van der Waals surface area contributed by atoms with E-state index in [2.05, 4.69) is 23.7 Å². The van der Waals surface area contributed by atoms with E-state index in [1.807, 2.05) is 0 Å². The molecule has 1 N–H and O–H groups in total. The van der Waals surface area contributed by atoms with E-state index in [-0.39, 0.29) is 0 Å². The van der Waals surface area contributed by atoms with Gasteiger partial charge in [-0.15, -0.1) is 0 Å². The van der Waals surface area contributed by atoms with Crippen LogP contribution in [-0.2, 0) is 0 Å². The fourth-order valence-corrected chi connectivity index (χ4v) is 0.473. The van der Waals surface area contributed by atoms with Gasteiger partial charge in [-0.05, 0) is 12.2 Å². The third kappa shape index (κ3) is 0.747. The molecule has 0 aromatic heterocycles. The summed E-state index contributed by atoms with van der Waals surface area (Å²) in [7, 11) is 0. The molecule has 36 valence electrons. The number of hydrogen-bond acceptors (Lipinski definition) is 1. The highest BCUT2D eigenvalue weighted by atomic mass is 14.8. The van der Waals surface area contributed by atoms with Crippen molar-refractivity contribution in [2.45, 2.75) is 13.3 Å². The van der Waals surface area contributed by atoms with Crippen molar-refractivity contribution < 1.29 is 0 Å². The molecule has 7 heavy (non-hydrogen) atoms. The monoisotopic (exact) mass is 93.1 g/mol. The van der Waals surface area contributed by atoms with E-state index in [9.17, 15) is 0 Å². The topological polar surface area (TPSA) is 12.0 Å². The standard InChI is InChI=1S/C6H7N/c1-2-6-4-3-5-7-6/h5,7H,2H2,1H3. The Balaban J connectivity index is 2.77. The van der Waals surface area contributed by atoms with Crippen LogP contribution in [0.25, 0.3) is 0 Å². The molecule has 0 saturated heterocycles. The van der Waals surface area contributed by atoms with Crippen LogP contribution < -0.4 is 5.32 Å². The molecular weight excluding hydrogens is 86.1 g/mol. The average Bonchev–Trinajstić information content (AvgIpc) is 2.14. The van der Waals surface area contributed by atoms with Crippen LogP contribution >= 0.6 is 0 Å². The molecule has 1 heterocycles. The lowest BCUT2D eigenvalue weighted by atomic mass is 10.4. The van der Waals surface area contributed by atoms with Crippen LogP contribution in [0.3, 0.4) is 0 Å². The number of allylic oxidation sites excluding steroid dienone is 1. The van der Waals surface area contributed by atoms with Crippen molar-refractivity contribution in [1.82, 2.24) is 5.32 Å². The Labute approximate surface area is 43.0 Å². The van der Waals surface area contributed by atoms with Crippen LogP contribution in [0.15, 0.2) is 23.4 Å². The van der Waals surface area contributed by atoms with E-state index < -0.39 is 0 Å². The molecule has 1 aliphatic heterocycles. The molecule has 1 heteroatoms. The summed E-state index contributed by atoms with van der Waals surface area (Å²) in [4.78, 5) is 0. The van der Waals surface area contributed by atoms with E-state index in [1.54, 1.807) is 6.20 Å². The van der Waals surface area contributed by atoms with Crippen molar-refractivity contribution in [2.24, 2.45) is 0 Å². The Morgan fingerprint density at radius 3 is 3.00 bits per heavy atom. The van der Waals surface area contributed by atoms with Gasteiger partial charge in [-0.2, -0.15) is 0 Å². The highest BCUT2D eigenvalue weighted by molar-refractivity contribution is 5.07. The molecule has 0 unspecified atom stereocenters. The summed E-state index contributed by atoms with van der Waals surface area (Å²) < 4.78 is 0. The summed E-state index contributed by atoms with van der Waals surface area (Å²) in [6.45, 7) is 2.08. The predicted molar refractivity (Wildman–Crippen MR) is 28.5 cm³/mol. The van der Waals surface area contributed by atoms with Crippen LogP contribution in [-0.4, -0.2) is 0 Å². The van der Waals surface area contributed by atoms with Gasteiger partial charge in [0.05, 0.1) is 11.9 Å². The summed E-state index contributed by atoms with van der Waals surface area (Å²) >= 11 is 0. The van der Waals surface area contributed by atoms with Gasteiger partial charge >= 0.3 is 0 Å². The highest BCUT2D eigenvalue weighted by Crippen LogP contribution is 1.93. The van der Waals surface area contributed by atoms with Crippen molar-refractivity contribution in [2.75, 3.05) is 0 Å². The SMILES string of the molecule is CCC1=C=C=CN1. The van der Waals surface area contributed by atoms with Crippen LogP contribution in [0.5, 0.6) is 0 Å². The third-order valence-electron chi connectivity index (χ3n) is 0.895. The molecule has 0 atom stereocenters. The number of rotatable bonds is 1. The van der Waals surface area contributed by atoms with E-state index in [4.69, 9.17) is 0 Å². The molecular formula is C6H7N. The molecule has 1 aliphatic rings. The Morgan fingerprint density at radius 1 is 1.86 bits per heavy atom. The average molecular weight is 93.1 g/mol. The van der Waals surface area contributed by atoms with Gasteiger partial charge in [0.25, 0.3) is 0 Å². The van der Waals surface area contributed by atoms with Crippen molar-refractivity contribution in [3.63, 3.8) is 0 Å². The molecule has 0 amide bonds. The fourth-order valence-electron chi connectivity index (χ4n) is 0.473. The van der Waals surface area contributed by atoms with E-state index in [1.165, 1.54) is 0 Å². The second kappa shape index (κ2) is 1.70. The van der Waals surface area contributed by atoms with Gasteiger partial charge in [0.1, 0.15) is 0 Å². The van der Waals surface area contributed by atoms with Crippen LogP contribution in [0.1, 0.15) is 13.3 Å². The number of nitrogens with one attached hydrogen (secondary N) is 1. The maximum Gasteiger partial charge on any atom is 0.0664 e. The molecule has 0 spiro atoms. The molecule has 0 bridgehead atoms. The van der Waals surface area contributed by atoms with Gasteiger partial charge in [0.2, 0.25) is 0 Å². The van der Waals surface area contributed by atoms with Crippen molar-refractivity contribution in [3.05, 3.63) is 23.4 Å². The third-order valence-corrected chi connectivity index (χ3v) is 0.895. The summed E-state index contributed by atoms with van der Waals surface area (Å²) in [5, 5.41) is 2.98. The summed E-state index contributed by atoms with van der Waals surface area (Å²) in [5.41, 5.74) is 6.83. The van der Waals surface area contributed by atoms with Crippen LogP contribution in [0, 0.1) is 0 Å². The number of hydrogen-bond donors (Lipinski definition) is 1. The molecule has 0 aliphatic carbocycles. The second-order valence-corrected chi connectivity index (χ2v) is 1.39. The zero-order chi connectivity index (χ0) is 5.11. The molecule has 0 aromatic carbocycles. The molecule has 1 nitrogen and oxygen atoms in total. The Morgan fingerprint density at radius 2 is 2.71 bits per heavy atom. The van der Waals surface area contributed by atoms with Gasteiger partial charge in [0, 0.05) is 0 Å². The first-order valence-electron chi connectivity index (χ1n) is 2.39. The zero-order valence-corrected chi connectivity index (χ0v) is 4.28. The van der Waals surface area contributed by atoms with E-state index in [0.717, 1.165) is 12.1 Å². The molecule has 0 aromatic rings.